The molecule has 4 aliphatic rings. The molecule has 222 valence electrons. The number of hydrogen-bond donors (Lipinski definition) is 1. The van der Waals surface area contributed by atoms with Crippen molar-refractivity contribution in [3.63, 3.8) is 0 Å². The number of ether oxygens (including phenoxy) is 2. The summed E-state index contributed by atoms with van der Waals surface area (Å²) in [5, 5.41) is 10.5. The van der Waals surface area contributed by atoms with Crippen LogP contribution in [0.4, 0.5) is 24.0 Å². The van der Waals surface area contributed by atoms with Crippen LogP contribution >= 0.6 is 22.9 Å². The van der Waals surface area contributed by atoms with Gasteiger partial charge in [0.1, 0.15) is 41.0 Å². The molecule has 3 saturated heterocycles. The van der Waals surface area contributed by atoms with Crippen LogP contribution in [-0.4, -0.2) is 65.5 Å². The van der Waals surface area contributed by atoms with Crippen LogP contribution in [0.2, 0.25) is 5.02 Å². The van der Waals surface area contributed by atoms with Crippen molar-refractivity contribution >= 4 is 54.7 Å². The smallest absolute Gasteiger partial charge is 0.319 e. The molecular weight excluding hydrogens is 601 g/mol. The van der Waals surface area contributed by atoms with Crippen LogP contribution in [-0.2, 0) is 0 Å². The van der Waals surface area contributed by atoms with E-state index in [2.05, 4.69) is 14.8 Å². The maximum absolute atomic E-state index is 16.9. The molecule has 8 nitrogen and oxygen atoms in total. The van der Waals surface area contributed by atoms with Crippen LogP contribution in [0.3, 0.4) is 0 Å². The number of nitrogen functional groups attached to an aromatic ring is 1. The molecular formula is C30H26ClF3N6O2S. The summed E-state index contributed by atoms with van der Waals surface area (Å²) < 4.78 is 58.7. The second-order valence-corrected chi connectivity index (χ2v) is 13.2. The van der Waals surface area contributed by atoms with E-state index in [9.17, 15) is 14.0 Å². The number of alkyl halides is 1. The summed E-state index contributed by atoms with van der Waals surface area (Å²) >= 11 is 7.87. The third-order valence-corrected chi connectivity index (χ3v) is 10.9. The zero-order valence-electron chi connectivity index (χ0n) is 22.9. The summed E-state index contributed by atoms with van der Waals surface area (Å²) in [7, 11) is 0. The van der Waals surface area contributed by atoms with E-state index < -0.39 is 23.3 Å². The van der Waals surface area contributed by atoms with Crippen molar-refractivity contribution in [3.8, 4) is 29.0 Å². The zero-order valence-corrected chi connectivity index (χ0v) is 24.5. The van der Waals surface area contributed by atoms with Gasteiger partial charge >= 0.3 is 6.01 Å². The summed E-state index contributed by atoms with van der Waals surface area (Å²) in [5.41, 5.74) is 5.75. The first-order chi connectivity index (χ1) is 20.8. The van der Waals surface area contributed by atoms with Gasteiger partial charge in [-0.15, -0.1) is 11.3 Å². The second-order valence-electron chi connectivity index (χ2n) is 11.8. The Morgan fingerprint density at radius 3 is 2.88 bits per heavy atom. The van der Waals surface area contributed by atoms with Gasteiger partial charge in [-0.1, -0.05) is 17.7 Å². The zero-order chi connectivity index (χ0) is 29.6. The third kappa shape index (κ3) is 3.90. The van der Waals surface area contributed by atoms with Crippen LogP contribution in [0.25, 0.3) is 32.1 Å². The van der Waals surface area contributed by atoms with Crippen LogP contribution in [0, 0.1) is 23.0 Å². The van der Waals surface area contributed by atoms with Crippen LogP contribution < -0.4 is 20.1 Å². The number of halogens is 4. The normalized spacial score (nSPS) is 24.7. The average molecular weight is 627 g/mol. The summed E-state index contributed by atoms with van der Waals surface area (Å²) in [6, 6.07) is 4.77. The fourth-order valence-electron chi connectivity index (χ4n) is 7.35. The highest BCUT2D eigenvalue weighted by atomic mass is 35.5. The van der Waals surface area contributed by atoms with Gasteiger partial charge in [0.2, 0.25) is 0 Å². The molecule has 2 N–H and O–H groups in total. The van der Waals surface area contributed by atoms with Gasteiger partial charge < -0.3 is 20.1 Å². The molecule has 0 aliphatic carbocycles. The molecule has 8 rings (SSSR count). The molecule has 2 aromatic carbocycles. The molecule has 0 amide bonds. The van der Waals surface area contributed by atoms with Crippen LogP contribution in [0.5, 0.6) is 11.8 Å². The Morgan fingerprint density at radius 2 is 2.09 bits per heavy atom. The SMILES string of the molecule is N#Cc1c(N)sc2c(F)ccc(-c3c(Cl)c4c5c(nc(OC[C@@]67CCCN6C[C@H](F)C7)nc5c3F)N3CC[C@H]3CCO4)c12. The molecule has 0 bridgehead atoms. The van der Waals surface area contributed by atoms with Crippen LogP contribution in [0.15, 0.2) is 12.1 Å². The lowest BCUT2D eigenvalue weighted by Crippen LogP contribution is -2.49. The van der Waals surface area contributed by atoms with Gasteiger partial charge in [-0.05, 0) is 37.4 Å². The Bertz CT molecular complexity index is 1880. The number of nitriles is 1. The number of anilines is 2. The molecule has 0 radical (unpaired) electrons. The number of nitrogens with two attached hydrogens (primary N) is 1. The van der Waals surface area contributed by atoms with Gasteiger partial charge in [0.25, 0.3) is 0 Å². The Balaban J connectivity index is 1.34. The third-order valence-electron chi connectivity index (χ3n) is 9.49. The van der Waals surface area contributed by atoms with Crippen molar-refractivity contribution in [2.75, 3.05) is 43.5 Å². The monoisotopic (exact) mass is 626 g/mol. The van der Waals surface area contributed by atoms with E-state index in [1.165, 1.54) is 12.1 Å². The van der Waals surface area contributed by atoms with Crippen molar-refractivity contribution in [2.45, 2.75) is 49.9 Å². The molecule has 2 aromatic heterocycles. The fourth-order valence-corrected chi connectivity index (χ4v) is 8.64. The van der Waals surface area contributed by atoms with Gasteiger partial charge in [-0.3, -0.25) is 4.90 Å². The minimum Gasteiger partial charge on any atom is -0.491 e. The second kappa shape index (κ2) is 9.74. The molecule has 0 saturated carbocycles. The van der Waals surface area contributed by atoms with E-state index in [1.54, 1.807) is 0 Å². The lowest BCUT2D eigenvalue weighted by atomic mass is 9.94. The number of aromatic nitrogens is 2. The number of fused-ring (bicyclic) bond motifs is 4. The Kier molecular flexibility index (Phi) is 6.13. The number of nitrogens with zero attached hydrogens (tertiary/aromatic N) is 5. The number of benzene rings is 2. The van der Waals surface area contributed by atoms with E-state index in [0.29, 0.717) is 37.2 Å². The molecule has 13 heteroatoms. The summed E-state index contributed by atoms with van der Waals surface area (Å²) in [6.45, 7) is 2.44. The van der Waals surface area contributed by atoms with Crippen LogP contribution in [0.1, 0.15) is 37.7 Å². The molecule has 6 heterocycles. The summed E-state index contributed by atoms with van der Waals surface area (Å²) in [4.78, 5) is 13.5. The quantitative estimate of drug-likeness (QED) is 0.285. The van der Waals surface area contributed by atoms with Gasteiger partial charge in [-0.25, -0.2) is 13.2 Å². The molecule has 0 spiro atoms. The maximum atomic E-state index is 16.9. The lowest BCUT2D eigenvalue weighted by Gasteiger charge is -2.43. The topological polar surface area (TPSA) is 101 Å². The highest BCUT2D eigenvalue weighted by Crippen LogP contribution is 2.51. The highest BCUT2D eigenvalue weighted by molar-refractivity contribution is 7.23. The van der Waals surface area contributed by atoms with Gasteiger partial charge in [0.05, 0.1) is 32.8 Å². The van der Waals surface area contributed by atoms with Crippen molar-refractivity contribution in [1.29, 1.82) is 5.26 Å². The minimum absolute atomic E-state index is 0.0166. The van der Waals surface area contributed by atoms with Crippen molar-refractivity contribution in [1.82, 2.24) is 14.9 Å². The summed E-state index contributed by atoms with van der Waals surface area (Å²) in [6.07, 6.45) is 2.86. The molecule has 0 unspecified atom stereocenters. The molecule has 3 fully saturated rings. The van der Waals surface area contributed by atoms with E-state index in [-0.39, 0.29) is 66.7 Å². The van der Waals surface area contributed by atoms with Crippen molar-refractivity contribution in [2.24, 2.45) is 0 Å². The Labute approximate surface area is 253 Å². The van der Waals surface area contributed by atoms with E-state index in [0.717, 1.165) is 43.7 Å². The van der Waals surface area contributed by atoms with Gasteiger partial charge in [0.15, 0.2) is 11.6 Å². The first-order valence-electron chi connectivity index (χ1n) is 14.3. The van der Waals surface area contributed by atoms with Gasteiger partial charge in [0, 0.05) is 42.9 Å². The molecule has 3 atom stereocenters. The van der Waals surface area contributed by atoms with E-state index in [4.69, 9.17) is 31.8 Å². The first-order valence-corrected chi connectivity index (χ1v) is 15.5. The maximum Gasteiger partial charge on any atom is 0.319 e. The predicted molar refractivity (Wildman–Crippen MR) is 159 cm³/mol. The standard InChI is InChI=1S/C30H26ClF3N6O2S/c31-22-20(16-2-3-18(33)26-19(16)17(11-35)27(36)43-26)23(34)24-21-25(22)41-9-5-15-4-8-40(15)28(21)38-29(37-24)42-13-30-6-1-7-39(30)12-14(32)10-30/h2-3,14-15H,1,4-10,12-13,36H2/t14-,15+,30+/m1/s1. The predicted octanol–water partition coefficient (Wildman–Crippen LogP) is 6.21. The Hall–Kier alpha value is -3.53. The van der Waals surface area contributed by atoms with E-state index in [1.807, 2.05) is 6.07 Å². The van der Waals surface area contributed by atoms with Crippen molar-refractivity contribution < 1.29 is 22.6 Å². The van der Waals surface area contributed by atoms with Crippen molar-refractivity contribution in [3.05, 3.63) is 34.4 Å². The number of thiophene rings is 1. The molecule has 43 heavy (non-hydrogen) atoms. The minimum atomic E-state index is -0.921. The number of hydrogen-bond acceptors (Lipinski definition) is 9. The molecule has 4 aliphatic heterocycles. The first kappa shape index (κ1) is 27.0. The number of rotatable bonds is 4. The van der Waals surface area contributed by atoms with E-state index >= 15 is 4.39 Å². The fraction of sp³-hybridized carbons (Fsp3) is 0.433. The van der Waals surface area contributed by atoms with Gasteiger partial charge in [-0.2, -0.15) is 15.2 Å². The Morgan fingerprint density at radius 1 is 1.23 bits per heavy atom. The highest BCUT2D eigenvalue weighted by Gasteiger charge is 2.49. The lowest BCUT2D eigenvalue weighted by molar-refractivity contribution is 0.107. The summed E-state index contributed by atoms with van der Waals surface area (Å²) in [5.74, 6) is -0.663. The average Bonchev–Trinajstić information content (AvgIpc) is 3.61. The largest absolute Gasteiger partial charge is 0.491 e. The molecule has 4 aromatic rings.